The molecule has 0 aliphatic rings. The van der Waals surface area contributed by atoms with Gasteiger partial charge in [0.2, 0.25) is 0 Å². The molecular weight excluding hydrogens is 332 g/mol. The van der Waals surface area contributed by atoms with Crippen LogP contribution in [0, 0.1) is 13.8 Å². The highest BCUT2D eigenvalue weighted by molar-refractivity contribution is 6.30. The van der Waals surface area contributed by atoms with E-state index in [2.05, 4.69) is 0 Å². The molecule has 24 heavy (non-hydrogen) atoms. The van der Waals surface area contributed by atoms with Gasteiger partial charge in [-0.05, 0) is 45.0 Å². The SMILES string of the molecule is COc1ccc(Cl)cc1-n1c(C)cc(C(=O)O[C@@H](C)C(N)=O)c1C. The van der Waals surface area contributed by atoms with E-state index in [1.807, 2.05) is 11.5 Å². The molecule has 1 atom stereocenters. The van der Waals surface area contributed by atoms with Crippen LogP contribution in [0.2, 0.25) is 5.02 Å². The first-order chi connectivity index (χ1) is 11.3. The number of hydrogen-bond acceptors (Lipinski definition) is 4. The molecule has 1 aromatic carbocycles. The van der Waals surface area contributed by atoms with Crippen LogP contribution < -0.4 is 10.5 Å². The Labute approximate surface area is 145 Å². The number of aryl methyl sites for hydroxylation is 1. The van der Waals surface area contributed by atoms with Gasteiger partial charge in [-0.3, -0.25) is 4.79 Å². The molecule has 0 saturated heterocycles. The number of nitrogens with two attached hydrogens (primary N) is 1. The number of rotatable bonds is 5. The summed E-state index contributed by atoms with van der Waals surface area (Å²) in [6, 6.07) is 6.92. The van der Waals surface area contributed by atoms with Gasteiger partial charge in [0, 0.05) is 16.4 Å². The third kappa shape index (κ3) is 3.38. The summed E-state index contributed by atoms with van der Waals surface area (Å²) in [4.78, 5) is 23.4. The maximum Gasteiger partial charge on any atom is 0.340 e. The minimum Gasteiger partial charge on any atom is -0.495 e. The second-order valence-electron chi connectivity index (χ2n) is 5.39. The lowest BCUT2D eigenvalue weighted by Crippen LogP contribution is -2.30. The van der Waals surface area contributed by atoms with Gasteiger partial charge in [0.05, 0.1) is 18.4 Å². The van der Waals surface area contributed by atoms with Crippen molar-refractivity contribution in [2.45, 2.75) is 26.9 Å². The fourth-order valence-electron chi connectivity index (χ4n) is 2.46. The average Bonchev–Trinajstić information content (AvgIpc) is 2.81. The van der Waals surface area contributed by atoms with E-state index in [1.165, 1.54) is 6.92 Å². The summed E-state index contributed by atoms with van der Waals surface area (Å²) in [6.07, 6.45) is -0.999. The molecule has 128 valence electrons. The summed E-state index contributed by atoms with van der Waals surface area (Å²) in [7, 11) is 1.56. The minimum absolute atomic E-state index is 0.350. The van der Waals surface area contributed by atoms with Gasteiger partial charge in [-0.1, -0.05) is 11.6 Å². The molecule has 1 aromatic heterocycles. The maximum atomic E-state index is 12.3. The summed E-state index contributed by atoms with van der Waals surface area (Å²) < 4.78 is 12.3. The van der Waals surface area contributed by atoms with E-state index in [0.29, 0.717) is 27.7 Å². The largest absolute Gasteiger partial charge is 0.495 e. The number of carbonyl (C=O) groups excluding carboxylic acids is 2. The average molecular weight is 351 g/mol. The zero-order valence-corrected chi connectivity index (χ0v) is 14.7. The van der Waals surface area contributed by atoms with Crippen molar-refractivity contribution < 1.29 is 19.1 Å². The highest BCUT2D eigenvalue weighted by Crippen LogP contribution is 2.30. The molecule has 0 spiro atoms. The van der Waals surface area contributed by atoms with E-state index in [0.717, 1.165) is 5.69 Å². The third-order valence-electron chi connectivity index (χ3n) is 3.72. The molecule has 1 amide bonds. The van der Waals surface area contributed by atoms with Crippen LogP contribution in [0.4, 0.5) is 0 Å². The topological polar surface area (TPSA) is 83.6 Å². The molecule has 0 bridgehead atoms. The van der Waals surface area contributed by atoms with E-state index in [-0.39, 0.29) is 0 Å². The molecule has 0 saturated carbocycles. The van der Waals surface area contributed by atoms with Crippen LogP contribution in [0.15, 0.2) is 24.3 Å². The molecule has 1 heterocycles. The maximum absolute atomic E-state index is 12.3. The molecule has 0 aliphatic heterocycles. The lowest BCUT2D eigenvalue weighted by Gasteiger charge is -2.15. The minimum atomic E-state index is -0.999. The van der Waals surface area contributed by atoms with Gasteiger partial charge in [0.15, 0.2) is 6.10 Å². The zero-order chi connectivity index (χ0) is 18.0. The van der Waals surface area contributed by atoms with Gasteiger partial charge in [0.25, 0.3) is 5.91 Å². The van der Waals surface area contributed by atoms with Gasteiger partial charge in [-0.2, -0.15) is 0 Å². The molecular formula is C17H19ClN2O4. The normalized spacial score (nSPS) is 11.9. The Kier molecular flexibility index (Phi) is 5.19. The quantitative estimate of drug-likeness (QED) is 0.840. The fourth-order valence-corrected chi connectivity index (χ4v) is 2.63. The van der Waals surface area contributed by atoms with Gasteiger partial charge in [-0.15, -0.1) is 0 Å². The predicted octanol–water partition coefficient (Wildman–Crippen LogP) is 2.79. The first kappa shape index (κ1) is 17.9. The van der Waals surface area contributed by atoms with Crippen molar-refractivity contribution in [1.82, 2.24) is 4.57 Å². The van der Waals surface area contributed by atoms with Gasteiger partial charge >= 0.3 is 5.97 Å². The van der Waals surface area contributed by atoms with E-state index >= 15 is 0 Å². The number of esters is 1. The third-order valence-corrected chi connectivity index (χ3v) is 3.95. The Hall–Kier alpha value is -2.47. The Balaban J connectivity index is 2.49. The summed E-state index contributed by atoms with van der Waals surface area (Å²) in [5.74, 6) is -0.693. The number of primary amides is 1. The number of carbonyl (C=O) groups is 2. The van der Waals surface area contributed by atoms with Crippen molar-refractivity contribution in [3.8, 4) is 11.4 Å². The van der Waals surface area contributed by atoms with Crippen molar-refractivity contribution >= 4 is 23.5 Å². The smallest absolute Gasteiger partial charge is 0.340 e. The van der Waals surface area contributed by atoms with Crippen molar-refractivity contribution in [3.63, 3.8) is 0 Å². The van der Waals surface area contributed by atoms with Crippen LogP contribution in [0.3, 0.4) is 0 Å². The Morgan fingerprint density at radius 3 is 2.50 bits per heavy atom. The second-order valence-corrected chi connectivity index (χ2v) is 5.82. The van der Waals surface area contributed by atoms with E-state index in [4.69, 9.17) is 26.8 Å². The van der Waals surface area contributed by atoms with Crippen LogP contribution in [-0.2, 0) is 9.53 Å². The molecule has 0 radical (unpaired) electrons. The molecule has 0 unspecified atom stereocenters. The van der Waals surface area contributed by atoms with E-state index in [1.54, 1.807) is 38.3 Å². The Bertz CT molecular complexity index is 798. The van der Waals surface area contributed by atoms with E-state index in [9.17, 15) is 9.59 Å². The predicted molar refractivity (Wildman–Crippen MR) is 90.9 cm³/mol. The fraction of sp³-hybridized carbons (Fsp3) is 0.294. The van der Waals surface area contributed by atoms with Crippen LogP contribution >= 0.6 is 11.6 Å². The highest BCUT2D eigenvalue weighted by atomic mass is 35.5. The second kappa shape index (κ2) is 6.97. The molecule has 7 heteroatoms. The van der Waals surface area contributed by atoms with Crippen LogP contribution in [0.25, 0.3) is 5.69 Å². The monoisotopic (exact) mass is 350 g/mol. The van der Waals surface area contributed by atoms with Gasteiger partial charge < -0.3 is 19.8 Å². The summed E-state index contributed by atoms with van der Waals surface area (Å²) in [6.45, 7) is 5.06. The summed E-state index contributed by atoms with van der Waals surface area (Å²) >= 11 is 6.09. The van der Waals surface area contributed by atoms with Crippen LogP contribution in [-0.4, -0.2) is 29.7 Å². The number of nitrogens with zero attached hydrogens (tertiary/aromatic N) is 1. The lowest BCUT2D eigenvalue weighted by atomic mass is 10.2. The molecule has 6 nitrogen and oxygen atoms in total. The van der Waals surface area contributed by atoms with E-state index < -0.39 is 18.0 Å². The lowest BCUT2D eigenvalue weighted by molar-refractivity contribution is -0.125. The number of aromatic nitrogens is 1. The number of amides is 1. The van der Waals surface area contributed by atoms with Gasteiger partial charge in [-0.25, -0.2) is 4.79 Å². The Morgan fingerprint density at radius 2 is 1.92 bits per heavy atom. The number of hydrogen-bond donors (Lipinski definition) is 1. The molecule has 2 rings (SSSR count). The molecule has 0 aliphatic carbocycles. The van der Waals surface area contributed by atoms with Crippen LogP contribution in [0.1, 0.15) is 28.7 Å². The standard InChI is InChI=1S/C17H19ClN2O4/c1-9-7-13(17(22)24-11(3)16(19)21)10(2)20(9)14-8-12(18)5-6-15(14)23-4/h5-8,11H,1-4H3,(H2,19,21)/t11-/m0/s1. The summed E-state index contributed by atoms with van der Waals surface area (Å²) in [5, 5.41) is 0.546. The summed E-state index contributed by atoms with van der Waals surface area (Å²) in [5.41, 5.74) is 7.63. The number of halogens is 1. The van der Waals surface area contributed by atoms with Crippen molar-refractivity contribution in [2.24, 2.45) is 5.73 Å². The zero-order valence-electron chi connectivity index (χ0n) is 13.9. The molecule has 2 aromatic rings. The van der Waals surface area contributed by atoms with Crippen LogP contribution in [0.5, 0.6) is 5.75 Å². The molecule has 2 N–H and O–H groups in total. The first-order valence-electron chi connectivity index (χ1n) is 7.29. The number of ether oxygens (including phenoxy) is 2. The first-order valence-corrected chi connectivity index (χ1v) is 7.67. The van der Waals surface area contributed by atoms with Gasteiger partial charge in [0.1, 0.15) is 5.75 Å². The van der Waals surface area contributed by atoms with Crippen molar-refractivity contribution in [1.29, 1.82) is 0 Å². The Morgan fingerprint density at radius 1 is 1.25 bits per heavy atom. The van der Waals surface area contributed by atoms with Crippen molar-refractivity contribution in [2.75, 3.05) is 7.11 Å². The molecule has 0 fully saturated rings. The highest BCUT2D eigenvalue weighted by Gasteiger charge is 2.22. The number of methoxy groups -OCH3 is 1. The number of benzene rings is 1. The van der Waals surface area contributed by atoms with Crippen molar-refractivity contribution in [3.05, 3.63) is 46.2 Å².